The Kier molecular flexibility index (Phi) is 7.85. The predicted molar refractivity (Wildman–Crippen MR) is 118 cm³/mol. The van der Waals surface area contributed by atoms with Gasteiger partial charge in [0.2, 0.25) is 0 Å². The summed E-state index contributed by atoms with van der Waals surface area (Å²) in [6.07, 6.45) is 1.04. The number of aryl methyl sites for hydroxylation is 1. The van der Waals surface area contributed by atoms with Gasteiger partial charge in [-0.15, -0.1) is 0 Å². The van der Waals surface area contributed by atoms with Crippen molar-refractivity contribution < 1.29 is 19.2 Å². The maximum atomic E-state index is 12.9. The molecule has 1 aliphatic heterocycles. The number of ether oxygens (including phenoxy) is 1. The molecule has 2 aromatic rings. The molecule has 30 heavy (non-hydrogen) atoms. The average Bonchev–Trinajstić information content (AvgIpc) is 2.78. The van der Waals surface area contributed by atoms with Crippen molar-refractivity contribution in [3.05, 3.63) is 60.2 Å². The van der Waals surface area contributed by atoms with E-state index < -0.39 is 6.10 Å². The lowest BCUT2D eigenvalue weighted by molar-refractivity contribution is -0.895. The van der Waals surface area contributed by atoms with Gasteiger partial charge in [-0.2, -0.15) is 0 Å². The Morgan fingerprint density at radius 1 is 1.03 bits per heavy atom. The van der Waals surface area contributed by atoms with Crippen molar-refractivity contribution in [3.8, 4) is 5.75 Å². The summed E-state index contributed by atoms with van der Waals surface area (Å²) in [4.78, 5) is 28.4. The fourth-order valence-corrected chi connectivity index (χ4v) is 3.77. The number of hydrogen-bond acceptors (Lipinski definition) is 3. The largest absolute Gasteiger partial charge is 0.481 e. The van der Waals surface area contributed by atoms with E-state index in [9.17, 15) is 9.59 Å². The third-order valence-corrected chi connectivity index (χ3v) is 5.53. The number of carbonyl (C=O) groups is 2. The zero-order chi connectivity index (χ0) is 21.3. The van der Waals surface area contributed by atoms with Crippen molar-refractivity contribution in [1.82, 2.24) is 4.90 Å². The summed E-state index contributed by atoms with van der Waals surface area (Å²) >= 11 is 0. The SMILES string of the molecule is CCc1ccccc1NC(=O)C[NH+]1CCN(C(=O)[C@@H](CC)Oc2ccccc2)CC1. The predicted octanol–water partition coefficient (Wildman–Crippen LogP) is 1.77. The fourth-order valence-electron chi connectivity index (χ4n) is 3.77. The maximum absolute atomic E-state index is 12.9. The van der Waals surface area contributed by atoms with Gasteiger partial charge in [0.05, 0.1) is 26.2 Å². The molecule has 2 aromatic carbocycles. The van der Waals surface area contributed by atoms with Gasteiger partial charge in [0.1, 0.15) is 5.75 Å². The third kappa shape index (κ3) is 5.83. The van der Waals surface area contributed by atoms with Gasteiger partial charge >= 0.3 is 0 Å². The number of carbonyl (C=O) groups excluding carboxylic acids is 2. The quantitative estimate of drug-likeness (QED) is 0.697. The van der Waals surface area contributed by atoms with Gasteiger partial charge in [0.25, 0.3) is 11.8 Å². The third-order valence-electron chi connectivity index (χ3n) is 5.53. The second-order valence-corrected chi connectivity index (χ2v) is 7.64. The summed E-state index contributed by atoms with van der Waals surface area (Å²) in [5.41, 5.74) is 2.03. The Bertz CT molecular complexity index is 833. The molecule has 1 atom stereocenters. The van der Waals surface area contributed by atoms with Crippen LogP contribution in [0.3, 0.4) is 0 Å². The molecular weight excluding hydrogens is 378 g/mol. The monoisotopic (exact) mass is 410 g/mol. The first-order valence-corrected chi connectivity index (χ1v) is 10.8. The van der Waals surface area contributed by atoms with E-state index in [0.29, 0.717) is 31.8 Å². The van der Waals surface area contributed by atoms with Crippen LogP contribution in [-0.4, -0.2) is 55.5 Å². The van der Waals surface area contributed by atoms with E-state index in [1.54, 1.807) is 0 Å². The highest BCUT2D eigenvalue weighted by Crippen LogP contribution is 2.15. The van der Waals surface area contributed by atoms with E-state index >= 15 is 0 Å². The standard InChI is InChI=1S/C24H31N3O3/c1-3-19-10-8-9-13-21(19)25-23(28)18-26-14-16-27(17-15-26)24(29)22(4-2)30-20-11-6-5-7-12-20/h5-13,22H,3-4,14-18H2,1-2H3,(H,25,28)/p+1/t22-/m1/s1. The van der Waals surface area contributed by atoms with E-state index in [1.165, 1.54) is 4.90 Å². The first-order valence-electron chi connectivity index (χ1n) is 10.8. The van der Waals surface area contributed by atoms with Crippen LogP contribution in [0.25, 0.3) is 0 Å². The van der Waals surface area contributed by atoms with E-state index in [2.05, 4.69) is 12.2 Å². The van der Waals surface area contributed by atoms with Gasteiger partial charge in [0.15, 0.2) is 12.6 Å². The summed E-state index contributed by atoms with van der Waals surface area (Å²) in [6.45, 7) is 7.26. The maximum Gasteiger partial charge on any atom is 0.279 e. The van der Waals surface area contributed by atoms with Gasteiger partial charge < -0.3 is 19.9 Å². The van der Waals surface area contributed by atoms with E-state index in [0.717, 1.165) is 30.8 Å². The van der Waals surface area contributed by atoms with Gasteiger partial charge in [-0.05, 0) is 36.6 Å². The minimum atomic E-state index is -0.470. The molecule has 2 amide bonds. The van der Waals surface area contributed by atoms with Crippen LogP contribution in [0.5, 0.6) is 5.75 Å². The minimum Gasteiger partial charge on any atom is -0.481 e. The molecule has 1 aliphatic rings. The smallest absolute Gasteiger partial charge is 0.279 e. The number of nitrogens with one attached hydrogen (secondary N) is 2. The van der Waals surface area contributed by atoms with Crippen LogP contribution in [0.4, 0.5) is 5.69 Å². The van der Waals surface area contributed by atoms with E-state index in [1.807, 2.05) is 66.4 Å². The molecule has 6 heteroatoms. The van der Waals surface area contributed by atoms with Gasteiger partial charge in [0, 0.05) is 5.69 Å². The Balaban J connectivity index is 1.47. The fraction of sp³-hybridized carbons (Fsp3) is 0.417. The molecule has 0 radical (unpaired) electrons. The average molecular weight is 411 g/mol. The first-order chi connectivity index (χ1) is 14.6. The van der Waals surface area contributed by atoms with Crippen LogP contribution in [0.15, 0.2) is 54.6 Å². The molecular formula is C24H32N3O3+. The van der Waals surface area contributed by atoms with E-state index in [4.69, 9.17) is 4.74 Å². The Hall–Kier alpha value is -2.86. The number of para-hydroxylation sites is 2. The van der Waals surface area contributed by atoms with Crippen LogP contribution in [0.1, 0.15) is 25.8 Å². The molecule has 1 fully saturated rings. The van der Waals surface area contributed by atoms with Crippen LogP contribution in [-0.2, 0) is 16.0 Å². The van der Waals surface area contributed by atoms with Crippen molar-refractivity contribution >= 4 is 17.5 Å². The van der Waals surface area contributed by atoms with Gasteiger partial charge in [-0.3, -0.25) is 9.59 Å². The normalized spacial score (nSPS) is 15.5. The zero-order valence-electron chi connectivity index (χ0n) is 17.9. The number of piperazine rings is 1. The van der Waals surface area contributed by atoms with Crippen molar-refractivity contribution in [3.63, 3.8) is 0 Å². The molecule has 0 bridgehead atoms. The molecule has 160 valence electrons. The van der Waals surface area contributed by atoms with Gasteiger partial charge in [-0.25, -0.2) is 0 Å². The Labute approximate surface area is 178 Å². The molecule has 1 heterocycles. The number of benzene rings is 2. The molecule has 2 N–H and O–H groups in total. The summed E-state index contributed by atoms with van der Waals surface area (Å²) in [7, 11) is 0. The van der Waals surface area contributed by atoms with Crippen molar-refractivity contribution in [1.29, 1.82) is 0 Å². The summed E-state index contributed by atoms with van der Waals surface area (Å²) in [5.74, 6) is 0.761. The van der Waals surface area contributed by atoms with Crippen molar-refractivity contribution in [2.75, 3.05) is 38.0 Å². The molecule has 1 saturated heterocycles. The lowest BCUT2D eigenvalue weighted by Crippen LogP contribution is -3.15. The lowest BCUT2D eigenvalue weighted by atomic mass is 10.1. The summed E-state index contributed by atoms with van der Waals surface area (Å²) < 4.78 is 5.90. The number of hydrogen-bond donors (Lipinski definition) is 2. The van der Waals surface area contributed by atoms with Gasteiger partial charge in [-0.1, -0.05) is 50.2 Å². The topological polar surface area (TPSA) is 63.1 Å². The number of anilines is 1. The van der Waals surface area contributed by atoms with Crippen LogP contribution in [0.2, 0.25) is 0 Å². The number of amides is 2. The molecule has 3 rings (SSSR count). The summed E-state index contributed by atoms with van der Waals surface area (Å²) in [5, 5.41) is 3.04. The second-order valence-electron chi connectivity index (χ2n) is 7.64. The Morgan fingerprint density at radius 2 is 1.70 bits per heavy atom. The first kappa shape index (κ1) is 21.8. The lowest BCUT2D eigenvalue weighted by Gasteiger charge is -2.33. The van der Waals surface area contributed by atoms with Crippen LogP contribution >= 0.6 is 0 Å². The summed E-state index contributed by atoms with van der Waals surface area (Å²) in [6, 6.07) is 17.4. The molecule has 0 aliphatic carbocycles. The highest BCUT2D eigenvalue weighted by molar-refractivity contribution is 5.92. The zero-order valence-corrected chi connectivity index (χ0v) is 17.9. The van der Waals surface area contributed by atoms with Crippen molar-refractivity contribution in [2.24, 2.45) is 0 Å². The number of rotatable bonds is 8. The van der Waals surface area contributed by atoms with E-state index in [-0.39, 0.29) is 11.8 Å². The molecule has 0 saturated carbocycles. The van der Waals surface area contributed by atoms with Crippen LogP contribution < -0.4 is 15.0 Å². The van der Waals surface area contributed by atoms with Crippen LogP contribution in [0, 0.1) is 0 Å². The molecule has 6 nitrogen and oxygen atoms in total. The second kappa shape index (κ2) is 10.8. The number of quaternary nitrogens is 1. The number of nitrogens with zero attached hydrogens (tertiary/aromatic N) is 1. The molecule has 0 unspecified atom stereocenters. The molecule has 0 aromatic heterocycles. The molecule has 0 spiro atoms. The Morgan fingerprint density at radius 3 is 2.37 bits per heavy atom. The van der Waals surface area contributed by atoms with Crippen molar-refractivity contribution in [2.45, 2.75) is 32.8 Å². The highest BCUT2D eigenvalue weighted by atomic mass is 16.5. The minimum absolute atomic E-state index is 0.0181. The highest BCUT2D eigenvalue weighted by Gasteiger charge is 2.30.